The molecule has 0 unspecified atom stereocenters. The normalized spacial score (nSPS) is 27.8. The average molecular weight is 366 g/mol. The van der Waals surface area contributed by atoms with Gasteiger partial charge < -0.3 is 15.0 Å². The van der Waals surface area contributed by atoms with Crippen LogP contribution >= 0.6 is 0 Å². The molecular weight excluding hydrogens is 344 g/mol. The molecule has 25 heavy (non-hydrogen) atoms. The van der Waals surface area contributed by atoms with Crippen molar-refractivity contribution in [1.29, 1.82) is 0 Å². The molecule has 4 rings (SSSR count). The molecule has 1 amide bonds. The Labute approximate surface area is 146 Å². The number of nitrogens with zero attached hydrogens (tertiary/aromatic N) is 3. The van der Waals surface area contributed by atoms with E-state index < -0.39 is 9.84 Å². The number of sulfone groups is 1. The highest BCUT2D eigenvalue weighted by Gasteiger charge is 2.52. The average Bonchev–Trinajstić information content (AvgIpc) is 2.93. The summed E-state index contributed by atoms with van der Waals surface area (Å²) in [5.41, 5.74) is -0.163. The lowest BCUT2D eigenvalue weighted by Gasteiger charge is -2.38. The highest BCUT2D eigenvalue weighted by atomic mass is 32.2. The number of ether oxygens (including phenoxy) is 1. The van der Waals surface area contributed by atoms with E-state index >= 15 is 0 Å². The van der Waals surface area contributed by atoms with Gasteiger partial charge in [0.25, 0.3) is 0 Å². The van der Waals surface area contributed by atoms with Crippen molar-refractivity contribution in [2.75, 3.05) is 42.7 Å². The molecule has 1 atom stereocenters. The van der Waals surface area contributed by atoms with Gasteiger partial charge in [-0.2, -0.15) is 0 Å². The van der Waals surface area contributed by atoms with Crippen LogP contribution in [0.25, 0.3) is 0 Å². The van der Waals surface area contributed by atoms with Gasteiger partial charge in [0, 0.05) is 44.1 Å². The number of carbonyl (C=O) groups is 1. The van der Waals surface area contributed by atoms with Crippen LogP contribution in [0.5, 0.6) is 0 Å². The van der Waals surface area contributed by atoms with Crippen LogP contribution in [0.1, 0.15) is 12.8 Å². The SMILES string of the molecule is O=C(NC1CS(=O)(=O)C1)[C@@H]1CN(c2ncccn2)CC12CCOCC2. The standard InChI is InChI=1S/C16H22N4O4S/c21-14(19-12-9-25(22,23)10-12)13-8-20(15-17-4-1-5-18-15)11-16(13)2-6-24-7-3-16/h1,4-5,12-13H,2-3,6-11H2,(H,19,21)/t13-/m0/s1. The van der Waals surface area contributed by atoms with Crippen LogP contribution in [0, 0.1) is 11.3 Å². The minimum absolute atomic E-state index is 0.0487. The highest BCUT2D eigenvalue weighted by molar-refractivity contribution is 7.92. The van der Waals surface area contributed by atoms with Crippen molar-refractivity contribution in [2.24, 2.45) is 11.3 Å². The van der Waals surface area contributed by atoms with Crippen LogP contribution in [0.3, 0.4) is 0 Å². The molecule has 4 heterocycles. The van der Waals surface area contributed by atoms with Gasteiger partial charge in [0.15, 0.2) is 9.84 Å². The van der Waals surface area contributed by atoms with Gasteiger partial charge in [-0.15, -0.1) is 0 Å². The van der Waals surface area contributed by atoms with Crippen LogP contribution in [0.15, 0.2) is 18.5 Å². The summed E-state index contributed by atoms with van der Waals surface area (Å²) in [6, 6.07) is 1.52. The first-order valence-electron chi connectivity index (χ1n) is 8.58. The van der Waals surface area contributed by atoms with Crippen molar-refractivity contribution < 1.29 is 17.9 Å². The van der Waals surface area contributed by atoms with Gasteiger partial charge >= 0.3 is 0 Å². The van der Waals surface area contributed by atoms with E-state index in [9.17, 15) is 13.2 Å². The highest BCUT2D eigenvalue weighted by Crippen LogP contribution is 2.45. The number of hydrogen-bond acceptors (Lipinski definition) is 7. The van der Waals surface area contributed by atoms with Gasteiger partial charge in [0.2, 0.25) is 11.9 Å². The largest absolute Gasteiger partial charge is 0.381 e. The lowest BCUT2D eigenvalue weighted by atomic mass is 9.71. The Hall–Kier alpha value is -1.74. The Bertz CT molecular complexity index is 737. The quantitative estimate of drug-likeness (QED) is 0.778. The number of anilines is 1. The first-order valence-corrected chi connectivity index (χ1v) is 10.4. The van der Waals surface area contributed by atoms with Crippen molar-refractivity contribution in [3.8, 4) is 0 Å². The number of aromatic nitrogens is 2. The summed E-state index contributed by atoms with van der Waals surface area (Å²) < 4.78 is 28.2. The van der Waals surface area contributed by atoms with Crippen molar-refractivity contribution in [3.63, 3.8) is 0 Å². The molecule has 9 heteroatoms. The Morgan fingerprint density at radius 3 is 2.56 bits per heavy atom. The topological polar surface area (TPSA) is 101 Å². The predicted octanol–water partition coefficient (Wildman–Crippen LogP) is -0.377. The summed E-state index contributed by atoms with van der Waals surface area (Å²) in [5, 5.41) is 2.93. The first kappa shape index (κ1) is 16.7. The third kappa shape index (κ3) is 3.22. The smallest absolute Gasteiger partial charge is 0.225 e. The van der Waals surface area contributed by atoms with Crippen molar-refractivity contribution in [2.45, 2.75) is 18.9 Å². The van der Waals surface area contributed by atoms with Gasteiger partial charge in [-0.25, -0.2) is 18.4 Å². The summed E-state index contributed by atoms with van der Waals surface area (Å²) in [6.45, 7) is 2.56. The Balaban J connectivity index is 1.52. The summed E-state index contributed by atoms with van der Waals surface area (Å²) in [6.07, 6.45) is 5.03. The fourth-order valence-corrected chi connectivity index (χ4v) is 5.47. The molecule has 3 fully saturated rings. The zero-order chi connectivity index (χ0) is 17.5. The zero-order valence-electron chi connectivity index (χ0n) is 13.9. The molecule has 3 aliphatic heterocycles. The van der Waals surface area contributed by atoms with Crippen molar-refractivity contribution in [1.82, 2.24) is 15.3 Å². The van der Waals surface area contributed by atoms with E-state index in [4.69, 9.17) is 4.74 Å². The van der Waals surface area contributed by atoms with E-state index in [-0.39, 0.29) is 34.8 Å². The monoisotopic (exact) mass is 366 g/mol. The van der Waals surface area contributed by atoms with E-state index in [0.29, 0.717) is 25.7 Å². The third-order valence-electron chi connectivity index (χ3n) is 5.54. The van der Waals surface area contributed by atoms with E-state index in [0.717, 1.165) is 19.4 Å². The van der Waals surface area contributed by atoms with Gasteiger partial charge in [0.05, 0.1) is 23.5 Å². The Kier molecular flexibility index (Phi) is 4.15. The Morgan fingerprint density at radius 2 is 1.92 bits per heavy atom. The van der Waals surface area contributed by atoms with Gasteiger partial charge in [-0.1, -0.05) is 0 Å². The number of amides is 1. The summed E-state index contributed by atoms with van der Waals surface area (Å²) in [7, 11) is -2.95. The second kappa shape index (κ2) is 6.21. The summed E-state index contributed by atoms with van der Waals surface area (Å²) >= 11 is 0. The molecule has 0 aliphatic carbocycles. The maximum Gasteiger partial charge on any atom is 0.225 e. The number of hydrogen-bond donors (Lipinski definition) is 1. The van der Waals surface area contributed by atoms with Gasteiger partial charge in [-0.05, 0) is 18.9 Å². The fraction of sp³-hybridized carbons (Fsp3) is 0.688. The number of rotatable bonds is 3. The molecule has 1 N–H and O–H groups in total. The number of nitrogens with one attached hydrogen (secondary N) is 1. The maximum atomic E-state index is 12.9. The van der Waals surface area contributed by atoms with Crippen LogP contribution in [-0.4, -0.2) is 68.1 Å². The number of carbonyl (C=O) groups excluding carboxylic acids is 1. The summed E-state index contributed by atoms with van der Waals surface area (Å²) in [5.74, 6) is 0.471. The van der Waals surface area contributed by atoms with Crippen LogP contribution < -0.4 is 10.2 Å². The molecule has 0 aromatic carbocycles. The molecular formula is C16H22N4O4S. The van der Waals surface area contributed by atoms with E-state index in [1.165, 1.54) is 0 Å². The minimum Gasteiger partial charge on any atom is -0.381 e. The molecule has 3 aliphatic rings. The van der Waals surface area contributed by atoms with E-state index in [1.54, 1.807) is 18.5 Å². The molecule has 3 saturated heterocycles. The molecule has 0 radical (unpaired) electrons. The van der Waals surface area contributed by atoms with E-state index in [1.807, 2.05) is 0 Å². The predicted molar refractivity (Wildman–Crippen MR) is 90.8 cm³/mol. The molecule has 1 aromatic rings. The van der Waals surface area contributed by atoms with Crippen molar-refractivity contribution in [3.05, 3.63) is 18.5 Å². The zero-order valence-corrected chi connectivity index (χ0v) is 14.7. The molecule has 8 nitrogen and oxygen atoms in total. The van der Waals surface area contributed by atoms with Crippen LogP contribution in [0.4, 0.5) is 5.95 Å². The third-order valence-corrected chi connectivity index (χ3v) is 7.37. The van der Waals surface area contributed by atoms with Crippen molar-refractivity contribution >= 4 is 21.7 Å². The molecule has 0 saturated carbocycles. The first-order chi connectivity index (χ1) is 12.0. The minimum atomic E-state index is -2.95. The lowest BCUT2D eigenvalue weighted by molar-refractivity contribution is -0.130. The molecule has 1 spiro atoms. The van der Waals surface area contributed by atoms with E-state index in [2.05, 4.69) is 20.2 Å². The maximum absolute atomic E-state index is 12.9. The molecule has 1 aromatic heterocycles. The van der Waals surface area contributed by atoms with Gasteiger partial charge in [-0.3, -0.25) is 4.79 Å². The molecule has 0 bridgehead atoms. The Morgan fingerprint density at radius 1 is 1.24 bits per heavy atom. The fourth-order valence-electron chi connectivity index (χ4n) is 4.17. The summed E-state index contributed by atoms with van der Waals surface area (Å²) in [4.78, 5) is 23.6. The second-order valence-corrected chi connectivity index (χ2v) is 9.39. The van der Waals surface area contributed by atoms with Crippen LogP contribution in [-0.2, 0) is 19.4 Å². The second-order valence-electron chi connectivity index (χ2n) is 7.24. The van der Waals surface area contributed by atoms with Gasteiger partial charge in [0.1, 0.15) is 0 Å². The molecule has 136 valence electrons. The van der Waals surface area contributed by atoms with Crippen LogP contribution in [0.2, 0.25) is 0 Å². The lowest BCUT2D eigenvalue weighted by Crippen LogP contribution is -2.56.